The largest absolute Gasteiger partial charge is 0.230 e. The molecule has 34 valence electrons. The molecule has 2 heteroatoms. The van der Waals surface area contributed by atoms with Gasteiger partial charge in [-0.25, -0.2) is 4.20 Å². The third kappa shape index (κ3) is 0.601. The van der Waals surface area contributed by atoms with Gasteiger partial charge in [0.1, 0.15) is 0 Å². The van der Waals surface area contributed by atoms with Gasteiger partial charge in [0, 0.05) is 5.66 Å². The van der Waals surface area contributed by atoms with E-state index in [1.54, 1.807) is 0 Å². The molecule has 0 amide bonds. The van der Waals surface area contributed by atoms with Crippen molar-refractivity contribution < 1.29 is 4.20 Å². The van der Waals surface area contributed by atoms with Crippen LogP contribution in [-0.2, 0) is 0 Å². The smallest absolute Gasteiger partial charge is 0.0744 e. The summed E-state index contributed by atoms with van der Waals surface area (Å²) >= 11 is 0. The summed E-state index contributed by atoms with van der Waals surface area (Å²) in [5.41, 5.74) is 0.296. The normalized spacial score (nSPS) is 31.8. The molecule has 0 fully saturated rings. The Morgan fingerprint density at radius 1 is 1.83 bits per heavy atom. The van der Waals surface area contributed by atoms with Crippen LogP contribution in [0, 0.1) is 0 Å². The Kier molecular flexibility index (Phi) is 1.21. The van der Waals surface area contributed by atoms with Crippen molar-refractivity contribution in [2.75, 3.05) is 0 Å². The molecule has 0 radical (unpaired) electrons. The molecule has 1 aliphatic rings. The molecular formula is C4H6FP. The summed E-state index contributed by atoms with van der Waals surface area (Å²) in [5, 5.41) is 0. The highest BCUT2D eigenvalue weighted by molar-refractivity contribution is 7.33. The first-order chi connectivity index (χ1) is 2.93. The molecule has 0 saturated carbocycles. The fourth-order valence-electron chi connectivity index (χ4n) is 0.353. The zero-order valence-electron chi connectivity index (χ0n) is 3.32. The van der Waals surface area contributed by atoms with E-state index in [-0.39, 0.29) is 8.89 Å². The fraction of sp³-hybridized carbons (Fsp3) is 0.500. The van der Waals surface area contributed by atoms with E-state index in [4.69, 9.17) is 0 Å². The first-order valence-corrected chi connectivity index (χ1v) is 2.92. The van der Waals surface area contributed by atoms with Gasteiger partial charge < -0.3 is 0 Å². The van der Waals surface area contributed by atoms with Gasteiger partial charge in [-0.3, -0.25) is 0 Å². The molecule has 2 atom stereocenters. The van der Waals surface area contributed by atoms with Crippen LogP contribution in [0.15, 0.2) is 12.2 Å². The van der Waals surface area contributed by atoms with E-state index >= 15 is 0 Å². The number of hydrogen-bond donors (Lipinski definition) is 0. The number of hydrogen-bond acceptors (Lipinski definition) is 0. The van der Waals surface area contributed by atoms with Gasteiger partial charge >= 0.3 is 0 Å². The zero-order valence-corrected chi connectivity index (χ0v) is 4.32. The van der Waals surface area contributed by atoms with Crippen LogP contribution >= 0.6 is 8.89 Å². The van der Waals surface area contributed by atoms with E-state index < -0.39 is 0 Å². The SMILES string of the molecule is FPC1C=CC1. The first kappa shape index (κ1) is 4.26. The number of rotatable bonds is 1. The summed E-state index contributed by atoms with van der Waals surface area (Å²) in [7, 11) is -0.368. The van der Waals surface area contributed by atoms with Crippen molar-refractivity contribution in [3.05, 3.63) is 12.2 Å². The standard InChI is InChI=1S/C4H6FP/c5-6-4-2-1-3-4/h1-2,4,6H,3H2. The highest BCUT2D eigenvalue weighted by atomic mass is 31.1. The maximum atomic E-state index is 11.4. The third-order valence-corrected chi connectivity index (χ3v) is 1.61. The van der Waals surface area contributed by atoms with Crippen molar-refractivity contribution in [1.82, 2.24) is 0 Å². The van der Waals surface area contributed by atoms with Crippen LogP contribution in [0.1, 0.15) is 6.42 Å². The van der Waals surface area contributed by atoms with Crippen molar-refractivity contribution >= 4 is 8.89 Å². The lowest BCUT2D eigenvalue weighted by Gasteiger charge is -2.10. The van der Waals surface area contributed by atoms with Crippen LogP contribution in [0.2, 0.25) is 0 Å². The van der Waals surface area contributed by atoms with Gasteiger partial charge in [0.25, 0.3) is 0 Å². The van der Waals surface area contributed by atoms with Gasteiger partial charge in [-0.1, -0.05) is 12.2 Å². The van der Waals surface area contributed by atoms with Crippen LogP contribution in [-0.4, -0.2) is 5.66 Å². The summed E-state index contributed by atoms with van der Waals surface area (Å²) in [6.07, 6.45) is 4.88. The average Bonchev–Trinajstić information content (AvgIpc) is 1.31. The molecule has 0 spiro atoms. The molecule has 0 saturated heterocycles. The Bertz CT molecular complexity index is 69.9. The van der Waals surface area contributed by atoms with Crippen LogP contribution in [0.5, 0.6) is 0 Å². The number of allylic oxidation sites excluding steroid dienone is 2. The van der Waals surface area contributed by atoms with E-state index in [9.17, 15) is 4.20 Å². The number of halogens is 1. The Hall–Kier alpha value is 0.100. The summed E-state index contributed by atoms with van der Waals surface area (Å²) < 4.78 is 11.4. The molecule has 2 unspecified atom stereocenters. The van der Waals surface area contributed by atoms with Crippen LogP contribution in [0.25, 0.3) is 0 Å². The zero-order chi connectivity index (χ0) is 4.41. The Balaban J connectivity index is 2.21. The fourth-order valence-corrected chi connectivity index (χ4v) is 0.787. The molecule has 0 heterocycles. The van der Waals surface area contributed by atoms with Gasteiger partial charge in [-0.15, -0.1) is 0 Å². The molecule has 0 aromatic rings. The van der Waals surface area contributed by atoms with Gasteiger partial charge in [0.15, 0.2) is 0 Å². The predicted molar refractivity (Wildman–Crippen MR) is 27.0 cm³/mol. The minimum absolute atomic E-state index is 0.296. The lowest BCUT2D eigenvalue weighted by atomic mass is 10.1. The lowest BCUT2D eigenvalue weighted by molar-refractivity contribution is 0.857. The quantitative estimate of drug-likeness (QED) is 0.352. The van der Waals surface area contributed by atoms with Crippen molar-refractivity contribution in [2.45, 2.75) is 12.1 Å². The molecule has 1 aliphatic carbocycles. The molecule has 1 rings (SSSR count). The average molecular weight is 104 g/mol. The van der Waals surface area contributed by atoms with E-state index in [0.29, 0.717) is 5.66 Å². The van der Waals surface area contributed by atoms with Crippen molar-refractivity contribution in [1.29, 1.82) is 0 Å². The van der Waals surface area contributed by atoms with Crippen molar-refractivity contribution in [3.63, 3.8) is 0 Å². The van der Waals surface area contributed by atoms with Gasteiger partial charge in [0.2, 0.25) is 0 Å². The third-order valence-electron chi connectivity index (χ3n) is 0.899. The molecule has 0 aliphatic heterocycles. The topological polar surface area (TPSA) is 0 Å². The Morgan fingerprint density at radius 3 is 2.50 bits per heavy atom. The monoisotopic (exact) mass is 104 g/mol. The molecule has 0 aromatic carbocycles. The van der Waals surface area contributed by atoms with Crippen LogP contribution < -0.4 is 0 Å². The van der Waals surface area contributed by atoms with Gasteiger partial charge in [-0.05, 0) is 6.42 Å². The molecule has 0 aromatic heterocycles. The summed E-state index contributed by atoms with van der Waals surface area (Å²) in [4.78, 5) is 0. The van der Waals surface area contributed by atoms with E-state index in [2.05, 4.69) is 0 Å². The minimum Gasteiger partial charge on any atom is -0.230 e. The molecule has 0 nitrogen and oxygen atoms in total. The molecule has 0 N–H and O–H groups in total. The maximum absolute atomic E-state index is 11.4. The second-order valence-corrected chi connectivity index (χ2v) is 2.34. The van der Waals surface area contributed by atoms with Crippen LogP contribution in [0.4, 0.5) is 4.20 Å². The first-order valence-electron chi connectivity index (χ1n) is 1.96. The van der Waals surface area contributed by atoms with Crippen molar-refractivity contribution in [3.8, 4) is 0 Å². The lowest BCUT2D eigenvalue weighted by Crippen LogP contribution is -1.99. The van der Waals surface area contributed by atoms with Crippen molar-refractivity contribution in [2.24, 2.45) is 0 Å². The second-order valence-electron chi connectivity index (χ2n) is 1.38. The highest BCUT2D eigenvalue weighted by Gasteiger charge is 2.07. The van der Waals surface area contributed by atoms with E-state index in [0.717, 1.165) is 6.42 Å². The molecule has 0 bridgehead atoms. The van der Waals surface area contributed by atoms with E-state index in [1.807, 2.05) is 12.2 Å². The summed E-state index contributed by atoms with van der Waals surface area (Å²) in [5.74, 6) is 0. The molecule has 6 heavy (non-hydrogen) atoms. The highest BCUT2D eigenvalue weighted by Crippen LogP contribution is 2.29. The predicted octanol–water partition coefficient (Wildman–Crippen LogP) is 1.88. The Morgan fingerprint density at radius 2 is 2.50 bits per heavy atom. The van der Waals surface area contributed by atoms with E-state index in [1.165, 1.54) is 0 Å². The second kappa shape index (κ2) is 1.70. The van der Waals surface area contributed by atoms with Gasteiger partial charge in [0.05, 0.1) is 8.89 Å². The maximum Gasteiger partial charge on any atom is 0.0744 e. The van der Waals surface area contributed by atoms with Crippen LogP contribution in [0.3, 0.4) is 0 Å². The summed E-state index contributed by atoms with van der Waals surface area (Å²) in [6.45, 7) is 0. The minimum atomic E-state index is -0.368. The molecular weight excluding hydrogens is 98.0 g/mol. The summed E-state index contributed by atoms with van der Waals surface area (Å²) in [6, 6.07) is 0. The Labute approximate surface area is 38.3 Å². The van der Waals surface area contributed by atoms with Gasteiger partial charge in [-0.2, -0.15) is 0 Å².